The van der Waals surface area contributed by atoms with Gasteiger partial charge in [0.1, 0.15) is 0 Å². The highest BCUT2D eigenvalue weighted by molar-refractivity contribution is 5.99. The quantitative estimate of drug-likeness (QED) is 0.647. The average Bonchev–Trinajstić information content (AvgIpc) is 3.07. The van der Waals surface area contributed by atoms with Crippen molar-refractivity contribution in [2.45, 2.75) is 32.8 Å². The molecule has 1 aliphatic heterocycles. The standard InChI is InChI=1S/C19H23N5O3/c1-13(15-6-8-16(9-7-15)21-14(2)25)22-27-18-5-4-10-24(19(18)26)17-11-20-23(3)12-17/h6-9,11-12,18H,4-5,10H2,1-3H3,(H,21,25). The lowest BCUT2D eigenvalue weighted by atomic mass is 10.1. The fraction of sp³-hybridized carbons (Fsp3) is 0.368. The van der Waals surface area contributed by atoms with E-state index < -0.39 is 6.10 Å². The van der Waals surface area contributed by atoms with Gasteiger partial charge in [-0.2, -0.15) is 5.10 Å². The lowest BCUT2D eigenvalue weighted by Crippen LogP contribution is -2.45. The first-order valence-electron chi connectivity index (χ1n) is 8.82. The number of hydrogen-bond acceptors (Lipinski definition) is 5. The predicted octanol–water partition coefficient (Wildman–Crippen LogP) is 2.31. The normalized spacial score (nSPS) is 17.7. The van der Waals surface area contributed by atoms with Crippen molar-refractivity contribution in [3.63, 3.8) is 0 Å². The predicted molar refractivity (Wildman–Crippen MR) is 103 cm³/mol. The topological polar surface area (TPSA) is 88.8 Å². The van der Waals surface area contributed by atoms with Gasteiger partial charge in [0.25, 0.3) is 5.91 Å². The van der Waals surface area contributed by atoms with E-state index in [0.717, 1.165) is 23.4 Å². The summed E-state index contributed by atoms with van der Waals surface area (Å²) in [6.45, 7) is 3.93. The molecule has 0 spiro atoms. The van der Waals surface area contributed by atoms with Crippen molar-refractivity contribution in [2.24, 2.45) is 12.2 Å². The van der Waals surface area contributed by atoms with Crippen LogP contribution in [0.2, 0.25) is 0 Å². The maximum absolute atomic E-state index is 12.7. The van der Waals surface area contributed by atoms with E-state index in [2.05, 4.69) is 15.6 Å². The van der Waals surface area contributed by atoms with Crippen LogP contribution in [0.15, 0.2) is 41.8 Å². The zero-order valence-corrected chi connectivity index (χ0v) is 15.7. The molecule has 0 aliphatic carbocycles. The summed E-state index contributed by atoms with van der Waals surface area (Å²) in [6, 6.07) is 7.29. The van der Waals surface area contributed by atoms with Gasteiger partial charge in [-0.05, 0) is 37.5 Å². The van der Waals surface area contributed by atoms with E-state index in [4.69, 9.17) is 4.84 Å². The van der Waals surface area contributed by atoms with Crippen molar-refractivity contribution < 1.29 is 14.4 Å². The molecule has 0 saturated carbocycles. The van der Waals surface area contributed by atoms with Gasteiger partial charge in [0.15, 0.2) is 0 Å². The van der Waals surface area contributed by atoms with E-state index in [0.29, 0.717) is 18.7 Å². The smallest absolute Gasteiger partial charge is 0.270 e. The molecule has 8 nitrogen and oxygen atoms in total. The fourth-order valence-electron chi connectivity index (χ4n) is 2.94. The number of hydrogen-bond donors (Lipinski definition) is 1. The SMILES string of the molecule is CC(=O)Nc1ccc(C(C)=NOC2CCCN(c3cnn(C)c3)C2=O)cc1. The van der Waals surface area contributed by atoms with Gasteiger partial charge in [-0.3, -0.25) is 14.3 Å². The van der Waals surface area contributed by atoms with Gasteiger partial charge in [-0.15, -0.1) is 0 Å². The van der Waals surface area contributed by atoms with E-state index in [1.807, 2.05) is 32.3 Å². The summed E-state index contributed by atoms with van der Waals surface area (Å²) in [6.07, 6.45) is 4.35. The summed E-state index contributed by atoms with van der Waals surface area (Å²) >= 11 is 0. The van der Waals surface area contributed by atoms with Crippen LogP contribution in [0.5, 0.6) is 0 Å². The number of rotatable bonds is 5. The lowest BCUT2D eigenvalue weighted by molar-refractivity contribution is -0.132. The Labute approximate surface area is 157 Å². The molecule has 2 amide bonds. The van der Waals surface area contributed by atoms with Crippen LogP contribution < -0.4 is 10.2 Å². The summed E-state index contributed by atoms with van der Waals surface area (Å²) in [4.78, 5) is 31.0. The van der Waals surface area contributed by atoms with Crippen LogP contribution in [0.4, 0.5) is 11.4 Å². The van der Waals surface area contributed by atoms with Crippen LogP contribution >= 0.6 is 0 Å². The van der Waals surface area contributed by atoms with E-state index >= 15 is 0 Å². The monoisotopic (exact) mass is 369 g/mol. The minimum atomic E-state index is -0.604. The Hall–Kier alpha value is -3.16. The number of amides is 2. The summed E-state index contributed by atoms with van der Waals surface area (Å²) in [5.41, 5.74) is 3.01. The van der Waals surface area contributed by atoms with Crippen LogP contribution in [0, 0.1) is 0 Å². The fourth-order valence-corrected chi connectivity index (χ4v) is 2.94. The molecule has 1 aromatic carbocycles. The van der Waals surface area contributed by atoms with E-state index in [-0.39, 0.29) is 11.8 Å². The number of anilines is 2. The largest absolute Gasteiger partial charge is 0.382 e. The molecule has 142 valence electrons. The van der Waals surface area contributed by atoms with E-state index in [9.17, 15) is 9.59 Å². The molecule has 27 heavy (non-hydrogen) atoms. The van der Waals surface area contributed by atoms with Crippen LogP contribution in [0.3, 0.4) is 0 Å². The van der Waals surface area contributed by atoms with Gasteiger partial charge in [0.2, 0.25) is 12.0 Å². The maximum Gasteiger partial charge on any atom is 0.270 e. The molecule has 3 rings (SSSR count). The number of aromatic nitrogens is 2. The van der Waals surface area contributed by atoms with Gasteiger partial charge in [-0.1, -0.05) is 17.3 Å². The highest BCUT2D eigenvalue weighted by Crippen LogP contribution is 2.22. The van der Waals surface area contributed by atoms with Crippen LogP contribution in [-0.4, -0.2) is 40.0 Å². The van der Waals surface area contributed by atoms with Gasteiger partial charge in [0.05, 0.1) is 17.6 Å². The molecule has 1 unspecified atom stereocenters. The zero-order chi connectivity index (χ0) is 19.4. The maximum atomic E-state index is 12.7. The first-order chi connectivity index (χ1) is 12.9. The molecule has 1 saturated heterocycles. The Morgan fingerprint density at radius 1 is 1.30 bits per heavy atom. The third-order valence-electron chi connectivity index (χ3n) is 4.33. The van der Waals surface area contributed by atoms with Crippen molar-refractivity contribution in [1.82, 2.24) is 9.78 Å². The zero-order valence-electron chi connectivity index (χ0n) is 15.7. The van der Waals surface area contributed by atoms with Gasteiger partial charge < -0.3 is 15.1 Å². The number of nitrogens with one attached hydrogen (secondary N) is 1. The molecule has 1 aliphatic rings. The molecular formula is C19H23N5O3. The number of oxime groups is 1. The Bertz CT molecular complexity index is 856. The number of benzene rings is 1. The number of carbonyl (C=O) groups excluding carboxylic acids is 2. The van der Waals surface area contributed by atoms with E-state index in [1.165, 1.54) is 6.92 Å². The summed E-state index contributed by atoms with van der Waals surface area (Å²) in [5, 5.41) is 11.0. The third kappa shape index (κ3) is 4.52. The van der Waals surface area contributed by atoms with Gasteiger partial charge >= 0.3 is 0 Å². The molecule has 1 fully saturated rings. The molecule has 1 atom stereocenters. The van der Waals surface area contributed by atoms with Gasteiger partial charge in [-0.25, -0.2) is 0 Å². The number of piperidine rings is 1. The highest BCUT2D eigenvalue weighted by atomic mass is 16.6. The van der Waals surface area contributed by atoms with Crippen LogP contribution in [-0.2, 0) is 21.5 Å². The van der Waals surface area contributed by atoms with Crippen LogP contribution in [0.25, 0.3) is 0 Å². The molecule has 2 aromatic rings. The molecule has 8 heteroatoms. The Kier molecular flexibility index (Phi) is 5.54. The highest BCUT2D eigenvalue weighted by Gasteiger charge is 2.32. The molecule has 1 N–H and O–H groups in total. The lowest BCUT2D eigenvalue weighted by Gasteiger charge is -2.29. The second-order valence-electron chi connectivity index (χ2n) is 6.53. The summed E-state index contributed by atoms with van der Waals surface area (Å²) < 4.78 is 1.67. The average molecular weight is 369 g/mol. The van der Waals surface area contributed by atoms with Crippen molar-refractivity contribution >= 4 is 28.9 Å². The molecular weight excluding hydrogens is 346 g/mol. The minimum Gasteiger partial charge on any atom is -0.382 e. The van der Waals surface area contributed by atoms with E-state index in [1.54, 1.807) is 27.9 Å². The first-order valence-corrected chi connectivity index (χ1v) is 8.82. The van der Waals surface area contributed by atoms with Crippen molar-refractivity contribution in [3.8, 4) is 0 Å². The van der Waals surface area contributed by atoms with Gasteiger partial charge in [0, 0.05) is 32.4 Å². The third-order valence-corrected chi connectivity index (χ3v) is 4.33. The number of nitrogens with zero attached hydrogens (tertiary/aromatic N) is 4. The number of aryl methyl sites for hydroxylation is 1. The summed E-state index contributed by atoms with van der Waals surface area (Å²) in [7, 11) is 1.82. The molecule has 1 aromatic heterocycles. The second kappa shape index (κ2) is 8.03. The van der Waals surface area contributed by atoms with Crippen molar-refractivity contribution in [3.05, 3.63) is 42.2 Å². The van der Waals surface area contributed by atoms with Crippen molar-refractivity contribution in [2.75, 3.05) is 16.8 Å². The van der Waals surface area contributed by atoms with Crippen molar-refractivity contribution in [1.29, 1.82) is 0 Å². The van der Waals surface area contributed by atoms with Crippen LogP contribution in [0.1, 0.15) is 32.3 Å². The Morgan fingerprint density at radius 2 is 2.04 bits per heavy atom. The molecule has 0 bridgehead atoms. The first kappa shape index (κ1) is 18.6. The number of carbonyl (C=O) groups is 2. The molecule has 2 heterocycles. The minimum absolute atomic E-state index is 0.105. The Morgan fingerprint density at radius 3 is 2.67 bits per heavy atom. The Balaban J connectivity index is 1.65. The molecule has 0 radical (unpaired) electrons. The second-order valence-corrected chi connectivity index (χ2v) is 6.53. The summed E-state index contributed by atoms with van der Waals surface area (Å²) in [5.74, 6) is -0.225.